The van der Waals surface area contributed by atoms with Crippen molar-refractivity contribution in [2.24, 2.45) is 4.99 Å². The van der Waals surface area contributed by atoms with Gasteiger partial charge in [0.1, 0.15) is 5.92 Å². The van der Waals surface area contributed by atoms with Gasteiger partial charge in [-0.2, -0.15) is 0 Å². The monoisotopic (exact) mass is 200 g/mol. The number of amides is 1. The molecular weight excluding hydrogens is 188 g/mol. The van der Waals surface area contributed by atoms with Gasteiger partial charge < -0.3 is 5.32 Å². The molecule has 1 heterocycles. The molecule has 2 aliphatic rings. The highest BCUT2D eigenvalue weighted by molar-refractivity contribution is 6.12. The summed E-state index contributed by atoms with van der Waals surface area (Å²) in [5.74, 6) is -0.137. The maximum absolute atomic E-state index is 11.7. The van der Waals surface area contributed by atoms with Crippen molar-refractivity contribution in [2.75, 3.05) is 5.32 Å². The van der Waals surface area contributed by atoms with Gasteiger partial charge in [-0.1, -0.05) is 18.2 Å². The van der Waals surface area contributed by atoms with Gasteiger partial charge in [0.15, 0.2) is 0 Å². The number of nitrogens with zero attached hydrogens (tertiary/aromatic N) is 1. The summed E-state index contributed by atoms with van der Waals surface area (Å²) in [6.45, 7) is 0. The van der Waals surface area contributed by atoms with Gasteiger partial charge in [0.2, 0.25) is 5.91 Å². The van der Waals surface area contributed by atoms with Crippen LogP contribution in [0.2, 0.25) is 0 Å². The van der Waals surface area contributed by atoms with E-state index < -0.39 is 0 Å². The molecule has 1 saturated carbocycles. The van der Waals surface area contributed by atoms with E-state index in [1.165, 1.54) is 12.8 Å². The molecule has 1 aromatic carbocycles. The summed E-state index contributed by atoms with van der Waals surface area (Å²) in [4.78, 5) is 16.0. The van der Waals surface area contributed by atoms with Crippen LogP contribution in [-0.4, -0.2) is 18.2 Å². The van der Waals surface area contributed by atoms with Gasteiger partial charge in [0.25, 0.3) is 0 Å². The van der Waals surface area contributed by atoms with Crippen LogP contribution < -0.4 is 5.32 Å². The molecular formula is C12H12N2O. The van der Waals surface area contributed by atoms with E-state index in [1.807, 2.05) is 24.3 Å². The first-order valence-electron chi connectivity index (χ1n) is 5.28. The molecule has 15 heavy (non-hydrogen) atoms. The van der Waals surface area contributed by atoms with Crippen molar-refractivity contribution in [1.82, 2.24) is 0 Å². The van der Waals surface area contributed by atoms with Crippen LogP contribution in [0.1, 0.15) is 24.3 Å². The van der Waals surface area contributed by atoms with E-state index in [9.17, 15) is 4.79 Å². The Morgan fingerprint density at radius 3 is 2.93 bits per heavy atom. The van der Waals surface area contributed by atoms with E-state index in [1.54, 1.807) is 6.21 Å². The quantitative estimate of drug-likeness (QED) is 0.728. The van der Waals surface area contributed by atoms with Crippen LogP contribution >= 0.6 is 0 Å². The van der Waals surface area contributed by atoms with Crippen LogP contribution in [0.5, 0.6) is 0 Å². The highest BCUT2D eigenvalue weighted by atomic mass is 16.2. The summed E-state index contributed by atoms with van der Waals surface area (Å²) in [7, 11) is 0. The van der Waals surface area contributed by atoms with Crippen LogP contribution in [-0.2, 0) is 4.79 Å². The zero-order valence-electron chi connectivity index (χ0n) is 8.31. The predicted octanol–water partition coefficient (Wildman–Crippen LogP) is 1.96. The minimum atomic E-state index is -0.179. The molecule has 76 valence electrons. The third-order valence-corrected chi connectivity index (χ3v) is 2.83. The van der Waals surface area contributed by atoms with Crippen molar-refractivity contribution < 1.29 is 4.79 Å². The summed E-state index contributed by atoms with van der Waals surface area (Å²) >= 11 is 0. The normalized spacial score (nSPS) is 24.3. The summed E-state index contributed by atoms with van der Waals surface area (Å²) in [5, 5.41) is 2.86. The van der Waals surface area contributed by atoms with Gasteiger partial charge in [-0.3, -0.25) is 9.79 Å². The Labute approximate surface area is 88.2 Å². The van der Waals surface area contributed by atoms with Crippen molar-refractivity contribution in [2.45, 2.75) is 24.8 Å². The Bertz CT molecular complexity index is 435. The number of hydrogen-bond acceptors (Lipinski definition) is 2. The molecule has 1 atom stereocenters. The van der Waals surface area contributed by atoms with E-state index in [-0.39, 0.29) is 11.8 Å². The number of rotatable bonds is 2. The van der Waals surface area contributed by atoms with Gasteiger partial charge in [-0.25, -0.2) is 0 Å². The highest BCUT2D eigenvalue weighted by Crippen LogP contribution is 2.32. The fourth-order valence-electron chi connectivity index (χ4n) is 1.81. The SMILES string of the molecule is O=C1Nc2ccccc2[C@H]1C=NC1CC1. The Hall–Kier alpha value is -1.64. The Morgan fingerprint density at radius 1 is 1.33 bits per heavy atom. The molecule has 0 bridgehead atoms. The molecule has 0 saturated heterocycles. The number of benzene rings is 1. The lowest BCUT2D eigenvalue weighted by Gasteiger charge is -2.00. The van der Waals surface area contributed by atoms with Gasteiger partial charge in [-0.15, -0.1) is 0 Å². The second-order valence-corrected chi connectivity index (χ2v) is 4.08. The van der Waals surface area contributed by atoms with Crippen molar-refractivity contribution >= 4 is 17.8 Å². The predicted molar refractivity (Wildman–Crippen MR) is 59.3 cm³/mol. The maximum Gasteiger partial charge on any atom is 0.237 e. The first kappa shape index (κ1) is 8.65. The molecule has 0 aromatic heterocycles. The number of nitrogens with one attached hydrogen (secondary N) is 1. The summed E-state index contributed by atoms with van der Waals surface area (Å²) in [6, 6.07) is 8.27. The number of carbonyl (C=O) groups is 1. The second kappa shape index (κ2) is 3.19. The second-order valence-electron chi connectivity index (χ2n) is 4.08. The van der Waals surface area contributed by atoms with Gasteiger partial charge in [-0.05, 0) is 24.5 Å². The molecule has 1 aliphatic carbocycles. The molecule has 3 rings (SSSR count). The first-order valence-corrected chi connectivity index (χ1v) is 5.28. The average molecular weight is 200 g/mol. The lowest BCUT2D eigenvalue weighted by atomic mass is 10.0. The lowest BCUT2D eigenvalue weighted by Crippen LogP contribution is -2.13. The fourth-order valence-corrected chi connectivity index (χ4v) is 1.81. The number of para-hydroxylation sites is 1. The van der Waals surface area contributed by atoms with Crippen molar-refractivity contribution in [3.05, 3.63) is 29.8 Å². The van der Waals surface area contributed by atoms with Crippen LogP contribution in [0.15, 0.2) is 29.3 Å². The molecule has 0 unspecified atom stereocenters. The van der Waals surface area contributed by atoms with Crippen molar-refractivity contribution in [3.8, 4) is 0 Å². The molecule has 0 radical (unpaired) electrons. The Balaban J connectivity index is 1.91. The third-order valence-electron chi connectivity index (χ3n) is 2.83. The molecule has 1 aromatic rings. The topological polar surface area (TPSA) is 41.5 Å². The molecule has 1 aliphatic heterocycles. The highest BCUT2D eigenvalue weighted by Gasteiger charge is 2.29. The number of aliphatic imine (C=N–C) groups is 1. The average Bonchev–Trinajstić information content (AvgIpc) is 3.00. The fraction of sp³-hybridized carbons (Fsp3) is 0.333. The smallest absolute Gasteiger partial charge is 0.237 e. The molecule has 1 N–H and O–H groups in total. The van der Waals surface area contributed by atoms with E-state index in [0.717, 1.165) is 11.3 Å². The van der Waals surface area contributed by atoms with Gasteiger partial charge in [0, 0.05) is 17.9 Å². The zero-order chi connectivity index (χ0) is 10.3. The zero-order valence-corrected chi connectivity index (χ0v) is 8.31. The minimum Gasteiger partial charge on any atom is -0.325 e. The van der Waals surface area contributed by atoms with Crippen molar-refractivity contribution in [3.63, 3.8) is 0 Å². The number of hydrogen-bond donors (Lipinski definition) is 1. The van der Waals surface area contributed by atoms with E-state index in [4.69, 9.17) is 0 Å². The summed E-state index contributed by atoms with van der Waals surface area (Å²) in [5.41, 5.74) is 1.97. The lowest BCUT2D eigenvalue weighted by molar-refractivity contribution is -0.115. The Morgan fingerprint density at radius 2 is 2.13 bits per heavy atom. The van der Waals surface area contributed by atoms with Crippen LogP contribution in [0, 0.1) is 0 Å². The molecule has 3 heteroatoms. The van der Waals surface area contributed by atoms with Gasteiger partial charge in [0.05, 0.1) is 0 Å². The number of anilines is 1. The largest absolute Gasteiger partial charge is 0.325 e. The first-order chi connectivity index (χ1) is 7.34. The Kier molecular flexibility index (Phi) is 1.84. The summed E-state index contributed by atoms with van der Waals surface area (Å²) < 4.78 is 0. The number of carbonyl (C=O) groups excluding carboxylic acids is 1. The van der Waals surface area contributed by atoms with E-state index >= 15 is 0 Å². The van der Waals surface area contributed by atoms with Crippen LogP contribution in [0.4, 0.5) is 5.69 Å². The van der Waals surface area contributed by atoms with E-state index in [2.05, 4.69) is 10.3 Å². The summed E-state index contributed by atoms with van der Waals surface area (Å²) in [6.07, 6.45) is 4.15. The molecule has 0 spiro atoms. The molecule has 1 amide bonds. The van der Waals surface area contributed by atoms with E-state index in [0.29, 0.717) is 6.04 Å². The third kappa shape index (κ3) is 1.54. The van der Waals surface area contributed by atoms with Crippen molar-refractivity contribution in [1.29, 1.82) is 0 Å². The number of fused-ring (bicyclic) bond motifs is 1. The van der Waals surface area contributed by atoms with Crippen LogP contribution in [0.25, 0.3) is 0 Å². The maximum atomic E-state index is 11.7. The van der Waals surface area contributed by atoms with Gasteiger partial charge >= 0.3 is 0 Å². The molecule has 1 fully saturated rings. The minimum absolute atomic E-state index is 0.0422. The van der Waals surface area contributed by atoms with Crippen LogP contribution in [0.3, 0.4) is 0 Å². The standard InChI is InChI=1S/C12H12N2O/c15-12-10(7-13-8-5-6-8)9-3-1-2-4-11(9)14-12/h1-4,7-8,10H,5-6H2,(H,14,15)/t10-/m1/s1. The molecule has 3 nitrogen and oxygen atoms in total.